The van der Waals surface area contributed by atoms with Crippen LogP contribution >= 0.6 is 11.8 Å². The highest BCUT2D eigenvalue weighted by molar-refractivity contribution is 8.00. The number of carbonyl (C=O) groups is 2. The minimum absolute atomic E-state index is 0.0314. The van der Waals surface area contributed by atoms with Crippen LogP contribution in [0.1, 0.15) is 52.5 Å². The minimum Gasteiger partial charge on any atom is -0.349 e. The van der Waals surface area contributed by atoms with Crippen molar-refractivity contribution < 1.29 is 9.59 Å². The predicted octanol–water partition coefficient (Wildman–Crippen LogP) is 4.42. The molecular weight excluding hydrogens is 392 g/mol. The van der Waals surface area contributed by atoms with Crippen LogP contribution in [0.4, 0.5) is 0 Å². The molecule has 2 aromatic rings. The maximum Gasteiger partial charge on any atom is 0.251 e. The highest BCUT2D eigenvalue weighted by Gasteiger charge is 2.40. The molecular formula is C25H28N2O2S. The van der Waals surface area contributed by atoms with Gasteiger partial charge in [-0.1, -0.05) is 48.9 Å². The largest absolute Gasteiger partial charge is 0.349 e. The lowest BCUT2D eigenvalue weighted by Gasteiger charge is -2.25. The normalized spacial score (nSPS) is 27.6. The average molecular weight is 421 g/mol. The Hall–Kier alpha value is -2.27. The topological polar surface area (TPSA) is 49.4 Å². The fraction of sp³-hybridized carbons (Fsp3) is 0.440. The summed E-state index contributed by atoms with van der Waals surface area (Å²) in [5.74, 6) is 2.25. The summed E-state index contributed by atoms with van der Waals surface area (Å²) < 4.78 is 0. The maximum absolute atomic E-state index is 12.7. The molecule has 0 spiro atoms. The van der Waals surface area contributed by atoms with Crippen molar-refractivity contribution >= 4 is 23.6 Å². The fourth-order valence-corrected chi connectivity index (χ4v) is 6.56. The quantitative estimate of drug-likeness (QED) is 0.753. The fourth-order valence-electron chi connectivity index (χ4n) is 5.34. The van der Waals surface area contributed by atoms with Gasteiger partial charge >= 0.3 is 0 Å². The molecule has 5 heteroatoms. The Morgan fingerprint density at radius 2 is 1.83 bits per heavy atom. The molecule has 1 aliphatic heterocycles. The average Bonchev–Trinajstić information content (AvgIpc) is 3.49. The maximum atomic E-state index is 12.7. The second-order valence-electron chi connectivity index (χ2n) is 8.86. The van der Waals surface area contributed by atoms with E-state index in [1.807, 2.05) is 47.4 Å². The molecule has 0 radical (unpaired) electrons. The first-order chi connectivity index (χ1) is 14.7. The molecule has 1 N–H and O–H groups in total. The third-order valence-electron chi connectivity index (χ3n) is 6.96. The van der Waals surface area contributed by atoms with Crippen LogP contribution in [0, 0.1) is 11.8 Å². The molecule has 2 aromatic carbocycles. The number of nitrogens with zero attached hydrogens (tertiary/aromatic N) is 1. The van der Waals surface area contributed by atoms with E-state index in [0.717, 1.165) is 24.3 Å². The van der Waals surface area contributed by atoms with Crippen molar-refractivity contribution in [3.8, 4) is 0 Å². The number of carbonyl (C=O) groups excluding carboxylic acids is 2. The van der Waals surface area contributed by atoms with Gasteiger partial charge in [0.05, 0.1) is 5.75 Å². The van der Waals surface area contributed by atoms with Crippen molar-refractivity contribution in [3.05, 3.63) is 71.3 Å². The number of hydrogen-bond acceptors (Lipinski definition) is 3. The molecule has 30 heavy (non-hydrogen) atoms. The zero-order valence-electron chi connectivity index (χ0n) is 17.1. The van der Waals surface area contributed by atoms with E-state index in [-0.39, 0.29) is 17.2 Å². The Balaban J connectivity index is 1.22. The van der Waals surface area contributed by atoms with E-state index in [9.17, 15) is 9.59 Å². The highest BCUT2D eigenvalue weighted by Crippen LogP contribution is 2.44. The molecule has 2 bridgehead atoms. The SMILES string of the molecule is O=C(N[C@@H]1C[C@H]2CC[C@@H]1C2)c1ccc([C@H]2SCC(=O)N2CCc2ccccc2)cc1. The highest BCUT2D eigenvalue weighted by atomic mass is 32.2. The lowest BCUT2D eigenvalue weighted by atomic mass is 9.95. The summed E-state index contributed by atoms with van der Waals surface area (Å²) in [6.07, 6.45) is 5.89. The van der Waals surface area contributed by atoms with Gasteiger partial charge < -0.3 is 10.2 Å². The van der Waals surface area contributed by atoms with Crippen molar-refractivity contribution in [1.29, 1.82) is 0 Å². The predicted molar refractivity (Wildman–Crippen MR) is 120 cm³/mol. The van der Waals surface area contributed by atoms with E-state index in [1.165, 1.54) is 24.8 Å². The number of fused-ring (bicyclic) bond motifs is 2. The summed E-state index contributed by atoms with van der Waals surface area (Å²) in [7, 11) is 0. The van der Waals surface area contributed by atoms with E-state index in [4.69, 9.17) is 0 Å². The summed E-state index contributed by atoms with van der Waals surface area (Å²) in [5, 5.41) is 3.29. The molecule has 4 atom stereocenters. The number of hydrogen-bond donors (Lipinski definition) is 1. The third-order valence-corrected chi connectivity index (χ3v) is 8.22. The van der Waals surface area contributed by atoms with Gasteiger partial charge in [0.2, 0.25) is 5.91 Å². The number of nitrogens with one attached hydrogen (secondary N) is 1. The Morgan fingerprint density at radius 1 is 1.03 bits per heavy atom. The van der Waals surface area contributed by atoms with Gasteiger partial charge in [-0.05, 0) is 60.8 Å². The third kappa shape index (κ3) is 4.00. The van der Waals surface area contributed by atoms with Gasteiger partial charge in [-0.2, -0.15) is 0 Å². The summed E-state index contributed by atoms with van der Waals surface area (Å²) in [6.45, 7) is 0.715. The number of benzene rings is 2. The number of rotatable bonds is 6. The molecule has 2 amide bonds. The summed E-state index contributed by atoms with van der Waals surface area (Å²) in [4.78, 5) is 27.1. The monoisotopic (exact) mass is 420 g/mol. The molecule has 1 heterocycles. The van der Waals surface area contributed by atoms with Crippen molar-refractivity contribution in [2.24, 2.45) is 11.8 Å². The van der Waals surface area contributed by atoms with E-state index in [0.29, 0.717) is 29.8 Å². The summed E-state index contributed by atoms with van der Waals surface area (Å²) in [6, 6.07) is 18.5. The van der Waals surface area contributed by atoms with Gasteiger partial charge in [0, 0.05) is 18.2 Å². The van der Waals surface area contributed by atoms with Crippen molar-refractivity contribution in [1.82, 2.24) is 10.2 Å². The molecule has 2 aliphatic carbocycles. The molecule has 4 nitrogen and oxygen atoms in total. The summed E-state index contributed by atoms with van der Waals surface area (Å²) in [5.41, 5.74) is 3.05. The lowest BCUT2D eigenvalue weighted by Crippen LogP contribution is -2.38. The minimum atomic E-state index is 0.0314. The van der Waals surface area contributed by atoms with Gasteiger partial charge in [-0.25, -0.2) is 0 Å². The lowest BCUT2D eigenvalue weighted by molar-refractivity contribution is -0.128. The second kappa shape index (κ2) is 8.46. The van der Waals surface area contributed by atoms with Crippen LogP contribution < -0.4 is 5.32 Å². The molecule has 3 fully saturated rings. The Labute approximate surface area is 182 Å². The van der Waals surface area contributed by atoms with Crippen LogP contribution in [0.3, 0.4) is 0 Å². The molecule has 0 aromatic heterocycles. The molecule has 2 saturated carbocycles. The molecule has 5 rings (SSSR count). The van der Waals surface area contributed by atoms with E-state index in [1.54, 1.807) is 11.8 Å². The smallest absolute Gasteiger partial charge is 0.251 e. The molecule has 3 aliphatic rings. The zero-order valence-corrected chi connectivity index (χ0v) is 17.9. The van der Waals surface area contributed by atoms with Crippen LogP contribution in [-0.4, -0.2) is 35.1 Å². The number of thioether (sulfide) groups is 1. The zero-order chi connectivity index (χ0) is 20.5. The standard InChI is InChI=1S/C25H28N2O2S/c28-23-16-30-25(27(23)13-12-17-4-2-1-3-5-17)20-10-8-19(9-11-20)24(29)26-22-15-18-6-7-21(22)14-18/h1-5,8-11,18,21-22,25H,6-7,12-16H2,(H,26,29)/t18-,21+,22+,25+/m0/s1. The van der Waals surface area contributed by atoms with Crippen LogP contribution in [0.2, 0.25) is 0 Å². The Kier molecular flexibility index (Phi) is 5.55. The van der Waals surface area contributed by atoms with Crippen LogP contribution in [0.15, 0.2) is 54.6 Å². The van der Waals surface area contributed by atoms with Gasteiger partial charge in [-0.3, -0.25) is 9.59 Å². The van der Waals surface area contributed by atoms with Crippen molar-refractivity contribution in [2.45, 2.75) is 43.5 Å². The Bertz CT molecular complexity index is 915. The van der Waals surface area contributed by atoms with Gasteiger partial charge in [0.1, 0.15) is 5.37 Å². The van der Waals surface area contributed by atoms with Crippen LogP contribution in [0.5, 0.6) is 0 Å². The van der Waals surface area contributed by atoms with Crippen LogP contribution in [-0.2, 0) is 11.2 Å². The Morgan fingerprint density at radius 3 is 2.53 bits per heavy atom. The first kappa shape index (κ1) is 19.7. The summed E-state index contributed by atoms with van der Waals surface area (Å²) >= 11 is 1.67. The molecule has 1 saturated heterocycles. The van der Waals surface area contributed by atoms with E-state index < -0.39 is 0 Å². The van der Waals surface area contributed by atoms with Gasteiger partial charge in [0.15, 0.2) is 0 Å². The van der Waals surface area contributed by atoms with E-state index in [2.05, 4.69) is 17.4 Å². The molecule has 156 valence electrons. The van der Waals surface area contributed by atoms with Gasteiger partial charge in [0.25, 0.3) is 5.91 Å². The number of amides is 2. The second-order valence-corrected chi connectivity index (χ2v) is 9.93. The van der Waals surface area contributed by atoms with Crippen molar-refractivity contribution in [2.75, 3.05) is 12.3 Å². The van der Waals surface area contributed by atoms with Crippen LogP contribution in [0.25, 0.3) is 0 Å². The first-order valence-electron chi connectivity index (χ1n) is 11.0. The van der Waals surface area contributed by atoms with E-state index >= 15 is 0 Å². The first-order valence-corrected chi connectivity index (χ1v) is 12.1. The molecule has 0 unspecified atom stereocenters. The van der Waals surface area contributed by atoms with Gasteiger partial charge in [-0.15, -0.1) is 11.8 Å². The van der Waals surface area contributed by atoms with Crippen molar-refractivity contribution in [3.63, 3.8) is 0 Å².